The number of carbonyl (C=O) groups is 2. The van der Waals surface area contributed by atoms with Gasteiger partial charge in [0.25, 0.3) is 5.91 Å². The molecule has 1 aliphatic carbocycles. The SMILES string of the molecule is CC1(C)CCC(NC(=O)[C@@H]2CCCN2C(=O)c2ccco2)c2ccccc21. The molecule has 0 radical (unpaired) electrons. The summed E-state index contributed by atoms with van der Waals surface area (Å²) in [5.74, 6) is 0.0224. The van der Waals surface area contributed by atoms with Crippen LogP contribution < -0.4 is 5.32 Å². The number of fused-ring (bicyclic) bond motifs is 1. The van der Waals surface area contributed by atoms with Crippen LogP contribution in [0, 0.1) is 0 Å². The van der Waals surface area contributed by atoms with Gasteiger partial charge in [0.05, 0.1) is 12.3 Å². The molecule has 0 saturated carbocycles. The van der Waals surface area contributed by atoms with Gasteiger partial charge in [-0.3, -0.25) is 9.59 Å². The van der Waals surface area contributed by atoms with Gasteiger partial charge in [0.2, 0.25) is 5.91 Å². The zero-order chi connectivity index (χ0) is 19.0. The zero-order valence-corrected chi connectivity index (χ0v) is 15.9. The lowest BCUT2D eigenvalue weighted by atomic mass is 9.71. The van der Waals surface area contributed by atoms with E-state index in [1.807, 2.05) is 6.07 Å². The highest BCUT2D eigenvalue weighted by atomic mass is 16.3. The van der Waals surface area contributed by atoms with E-state index in [1.54, 1.807) is 17.0 Å². The summed E-state index contributed by atoms with van der Waals surface area (Å²) < 4.78 is 5.23. The van der Waals surface area contributed by atoms with Crippen LogP contribution >= 0.6 is 0 Å². The fraction of sp³-hybridized carbons (Fsp3) is 0.455. The first kappa shape index (κ1) is 17.8. The fourth-order valence-corrected chi connectivity index (χ4v) is 4.45. The Labute approximate surface area is 159 Å². The molecule has 2 amide bonds. The molecule has 27 heavy (non-hydrogen) atoms. The first-order valence-corrected chi connectivity index (χ1v) is 9.71. The van der Waals surface area contributed by atoms with E-state index in [1.165, 1.54) is 17.4 Å². The average Bonchev–Trinajstić information content (AvgIpc) is 3.35. The molecule has 1 unspecified atom stereocenters. The highest BCUT2D eigenvalue weighted by Crippen LogP contribution is 2.41. The van der Waals surface area contributed by atoms with Crippen molar-refractivity contribution < 1.29 is 14.0 Å². The van der Waals surface area contributed by atoms with E-state index >= 15 is 0 Å². The standard InChI is InChI=1S/C22H26N2O3/c1-22(2)12-11-17(15-7-3-4-8-16(15)22)23-20(25)18-9-5-13-24(18)21(26)19-10-6-14-27-19/h3-4,6-8,10,14,17-18H,5,9,11-13H2,1-2H3,(H,23,25)/t17?,18-/m0/s1. The summed E-state index contributed by atoms with van der Waals surface area (Å²) in [5, 5.41) is 3.22. The van der Waals surface area contributed by atoms with Gasteiger partial charge in [-0.05, 0) is 54.4 Å². The monoisotopic (exact) mass is 366 g/mol. The van der Waals surface area contributed by atoms with Crippen LogP contribution in [-0.2, 0) is 10.2 Å². The summed E-state index contributed by atoms with van der Waals surface area (Å²) in [7, 11) is 0. The molecule has 1 aromatic carbocycles. The lowest BCUT2D eigenvalue weighted by molar-refractivity contribution is -0.125. The molecule has 1 aliphatic heterocycles. The summed E-state index contributed by atoms with van der Waals surface area (Å²) in [6.07, 6.45) is 4.94. The number of amides is 2. The normalized spacial score (nSPS) is 23.7. The topological polar surface area (TPSA) is 62.6 Å². The van der Waals surface area contributed by atoms with Gasteiger partial charge in [0, 0.05) is 6.54 Å². The number of nitrogens with one attached hydrogen (secondary N) is 1. The molecule has 0 bridgehead atoms. The Bertz CT molecular complexity index is 841. The van der Waals surface area contributed by atoms with Crippen molar-refractivity contribution in [1.82, 2.24) is 10.2 Å². The minimum absolute atomic E-state index is 0.00268. The Balaban J connectivity index is 1.51. The number of hydrogen-bond acceptors (Lipinski definition) is 3. The molecular weight excluding hydrogens is 340 g/mol. The van der Waals surface area contributed by atoms with Gasteiger partial charge >= 0.3 is 0 Å². The lowest BCUT2D eigenvalue weighted by Gasteiger charge is -2.38. The van der Waals surface area contributed by atoms with Gasteiger partial charge in [-0.15, -0.1) is 0 Å². The molecular formula is C22H26N2O3. The highest BCUT2D eigenvalue weighted by molar-refractivity contribution is 5.96. The second-order valence-electron chi connectivity index (χ2n) is 8.20. The van der Waals surface area contributed by atoms with E-state index in [-0.39, 0.29) is 23.3 Å². The van der Waals surface area contributed by atoms with Gasteiger partial charge in [0.15, 0.2) is 5.76 Å². The smallest absolute Gasteiger partial charge is 0.290 e. The van der Waals surface area contributed by atoms with Crippen LogP contribution in [0.4, 0.5) is 0 Å². The maximum atomic E-state index is 13.0. The van der Waals surface area contributed by atoms with E-state index in [0.29, 0.717) is 18.7 Å². The van der Waals surface area contributed by atoms with E-state index in [2.05, 4.69) is 37.4 Å². The Kier molecular flexibility index (Phi) is 4.54. The van der Waals surface area contributed by atoms with E-state index in [9.17, 15) is 9.59 Å². The summed E-state index contributed by atoms with van der Waals surface area (Å²) >= 11 is 0. The van der Waals surface area contributed by atoms with Crippen molar-refractivity contribution >= 4 is 11.8 Å². The number of benzene rings is 1. The predicted octanol–water partition coefficient (Wildman–Crippen LogP) is 3.81. The Hall–Kier alpha value is -2.56. The molecule has 4 rings (SSSR count). The largest absolute Gasteiger partial charge is 0.459 e. The Morgan fingerprint density at radius 3 is 2.74 bits per heavy atom. The van der Waals surface area contributed by atoms with E-state index < -0.39 is 6.04 Å². The van der Waals surface area contributed by atoms with Gasteiger partial charge in [-0.2, -0.15) is 0 Å². The molecule has 2 heterocycles. The Morgan fingerprint density at radius 2 is 1.96 bits per heavy atom. The molecule has 1 fully saturated rings. The average molecular weight is 366 g/mol. The third kappa shape index (κ3) is 3.27. The number of likely N-dealkylation sites (tertiary alicyclic amines) is 1. The molecule has 142 valence electrons. The van der Waals surface area contributed by atoms with Gasteiger partial charge in [-0.25, -0.2) is 0 Å². The van der Waals surface area contributed by atoms with Gasteiger partial charge in [-0.1, -0.05) is 38.1 Å². The number of hydrogen-bond donors (Lipinski definition) is 1. The predicted molar refractivity (Wildman–Crippen MR) is 102 cm³/mol. The zero-order valence-electron chi connectivity index (χ0n) is 15.9. The van der Waals surface area contributed by atoms with Crippen molar-refractivity contribution in [3.05, 3.63) is 59.5 Å². The van der Waals surface area contributed by atoms with Crippen LogP contribution in [0.1, 0.15) is 67.3 Å². The maximum absolute atomic E-state index is 13.0. The molecule has 1 N–H and O–H groups in total. The summed E-state index contributed by atoms with van der Waals surface area (Å²) in [6.45, 7) is 5.10. The molecule has 2 aliphatic rings. The van der Waals surface area contributed by atoms with Crippen LogP contribution in [0.25, 0.3) is 0 Å². The highest BCUT2D eigenvalue weighted by Gasteiger charge is 2.38. The summed E-state index contributed by atoms with van der Waals surface area (Å²) in [5.41, 5.74) is 2.62. The van der Waals surface area contributed by atoms with Gasteiger partial charge < -0.3 is 14.6 Å². The molecule has 5 nitrogen and oxygen atoms in total. The minimum atomic E-state index is -0.426. The fourth-order valence-electron chi connectivity index (χ4n) is 4.45. The number of furan rings is 1. The number of nitrogens with zero attached hydrogens (tertiary/aromatic N) is 1. The number of rotatable bonds is 3. The van der Waals surface area contributed by atoms with Crippen molar-refractivity contribution in [2.45, 2.75) is 57.0 Å². The Morgan fingerprint density at radius 1 is 1.15 bits per heavy atom. The van der Waals surface area contributed by atoms with Crippen molar-refractivity contribution in [1.29, 1.82) is 0 Å². The van der Waals surface area contributed by atoms with Crippen LogP contribution in [0.2, 0.25) is 0 Å². The van der Waals surface area contributed by atoms with Crippen molar-refractivity contribution in [3.63, 3.8) is 0 Å². The van der Waals surface area contributed by atoms with E-state index in [4.69, 9.17) is 4.42 Å². The maximum Gasteiger partial charge on any atom is 0.290 e. The van der Waals surface area contributed by atoms with Gasteiger partial charge in [0.1, 0.15) is 6.04 Å². The van der Waals surface area contributed by atoms with Crippen LogP contribution in [-0.4, -0.2) is 29.3 Å². The first-order valence-electron chi connectivity index (χ1n) is 9.71. The summed E-state index contributed by atoms with van der Waals surface area (Å²) in [6, 6.07) is 11.3. The quantitative estimate of drug-likeness (QED) is 0.898. The molecule has 1 aromatic heterocycles. The van der Waals surface area contributed by atoms with Crippen molar-refractivity contribution in [3.8, 4) is 0 Å². The molecule has 2 atom stereocenters. The van der Waals surface area contributed by atoms with E-state index in [0.717, 1.165) is 19.3 Å². The van der Waals surface area contributed by atoms with Crippen molar-refractivity contribution in [2.75, 3.05) is 6.54 Å². The van der Waals surface area contributed by atoms with Crippen molar-refractivity contribution in [2.24, 2.45) is 0 Å². The first-order chi connectivity index (χ1) is 13.0. The molecule has 0 spiro atoms. The second kappa shape index (κ2) is 6.87. The number of carbonyl (C=O) groups excluding carboxylic acids is 2. The van der Waals surface area contributed by atoms with Crippen LogP contribution in [0.5, 0.6) is 0 Å². The third-order valence-electron chi connectivity index (χ3n) is 5.99. The van der Waals surface area contributed by atoms with Crippen LogP contribution in [0.3, 0.4) is 0 Å². The molecule has 5 heteroatoms. The van der Waals surface area contributed by atoms with Crippen LogP contribution in [0.15, 0.2) is 47.1 Å². The molecule has 2 aromatic rings. The third-order valence-corrected chi connectivity index (χ3v) is 5.99. The minimum Gasteiger partial charge on any atom is -0.459 e. The lowest BCUT2D eigenvalue weighted by Crippen LogP contribution is -2.47. The second-order valence-corrected chi connectivity index (χ2v) is 8.20. The summed E-state index contributed by atoms with van der Waals surface area (Å²) in [4.78, 5) is 27.3. The molecule has 1 saturated heterocycles.